The fourth-order valence-electron chi connectivity index (χ4n) is 2.09. The first-order valence-electron chi connectivity index (χ1n) is 5.86. The maximum Gasteiger partial charge on any atom is 0.243 e. The first kappa shape index (κ1) is 11.9. The van der Waals surface area contributed by atoms with Crippen LogP contribution in [0.3, 0.4) is 0 Å². The second-order valence-electron chi connectivity index (χ2n) is 4.41. The number of anilines is 1. The Balaban J connectivity index is 2.03. The molecule has 2 unspecified atom stereocenters. The Kier molecular flexibility index (Phi) is 3.58. The molecular formula is C12H17N3O2. The number of nitrogens with zero attached hydrogens (tertiary/aromatic N) is 1. The van der Waals surface area contributed by atoms with Crippen molar-refractivity contribution in [1.82, 2.24) is 10.3 Å². The Morgan fingerprint density at radius 2 is 2.47 bits per heavy atom. The molecule has 2 heterocycles. The number of pyridine rings is 1. The van der Waals surface area contributed by atoms with Crippen molar-refractivity contribution in [3.8, 4) is 5.75 Å². The zero-order chi connectivity index (χ0) is 12.3. The molecule has 0 aliphatic carbocycles. The average Bonchev–Trinajstić information content (AvgIpc) is 2.32. The van der Waals surface area contributed by atoms with Crippen LogP contribution >= 0.6 is 0 Å². The molecule has 0 radical (unpaired) electrons. The molecule has 2 rings (SSSR count). The molecule has 92 valence electrons. The minimum Gasteiger partial charge on any atom is -0.504 e. The van der Waals surface area contributed by atoms with Crippen molar-refractivity contribution in [2.75, 3.05) is 11.9 Å². The van der Waals surface area contributed by atoms with Gasteiger partial charge in [-0.05, 0) is 37.4 Å². The van der Waals surface area contributed by atoms with E-state index in [1.54, 1.807) is 6.07 Å². The third-order valence-corrected chi connectivity index (χ3v) is 3.08. The number of nitrogens with one attached hydrogen (secondary N) is 2. The fraction of sp³-hybridized carbons (Fsp3) is 0.500. The van der Waals surface area contributed by atoms with E-state index < -0.39 is 0 Å². The van der Waals surface area contributed by atoms with Crippen LogP contribution in [0.25, 0.3) is 0 Å². The van der Waals surface area contributed by atoms with E-state index in [0.29, 0.717) is 5.92 Å². The molecular weight excluding hydrogens is 218 g/mol. The monoisotopic (exact) mass is 235 g/mol. The van der Waals surface area contributed by atoms with Gasteiger partial charge in [0, 0.05) is 6.20 Å². The van der Waals surface area contributed by atoms with Crippen molar-refractivity contribution >= 4 is 11.7 Å². The van der Waals surface area contributed by atoms with E-state index in [1.807, 2.05) is 0 Å². The minimum absolute atomic E-state index is 0.00990. The van der Waals surface area contributed by atoms with E-state index in [0.717, 1.165) is 19.4 Å². The second-order valence-corrected chi connectivity index (χ2v) is 4.41. The smallest absolute Gasteiger partial charge is 0.243 e. The van der Waals surface area contributed by atoms with Gasteiger partial charge in [-0.1, -0.05) is 6.92 Å². The molecule has 1 amide bonds. The van der Waals surface area contributed by atoms with Gasteiger partial charge in [0.05, 0.1) is 6.04 Å². The number of amides is 1. The summed E-state index contributed by atoms with van der Waals surface area (Å²) < 4.78 is 0. The van der Waals surface area contributed by atoms with Crippen molar-refractivity contribution in [2.45, 2.75) is 25.8 Å². The summed E-state index contributed by atoms with van der Waals surface area (Å²) in [6.45, 7) is 2.91. The summed E-state index contributed by atoms with van der Waals surface area (Å²) in [5.74, 6) is 0.377. The van der Waals surface area contributed by atoms with Gasteiger partial charge in [-0.15, -0.1) is 0 Å². The van der Waals surface area contributed by atoms with Crippen LogP contribution < -0.4 is 10.6 Å². The molecule has 1 aliphatic rings. The third-order valence-electron chi connectivity index (χ3n) is 3.08. The fourth-order valence-corrected chi connectivity index (χ4v) is 2.09. The Hall–Kier alpha value is -1.62. The maximum atomic E-state index is 12.0. The topological polar surface area (TPSA) is 74.2 Å². The summed E-state index contributed by atoms with van der Waals surface area (Å²) in [5.41, 5.74) is 0. The first-order valence-corrected chi connectivity index (χ1v) is 5.86. The van der Waals surface area contributed by atoms with E-state index in [9.17, 15) is 9.90 Å². The third kappa shape index (κ3) is 2.74. The standard InChI is InChI=1S/C12H17N3O2/c1-8-4-2-6-13-10(8)12(17)15-11-9(16)5-3-7-14-11/h3,5,7-8,10,13,16H,2,4,6H2,1H3,(H,14,15,17). The summed E-state index contributed by atoms with van der Waals surface area (Å²) in [5, 5.41) is 15.4. The Labute approximate surface area is 100 Å². The lowest BCUT2D eigenvalue weighted by Crippen LogP contribution is -2.48. The van der Waals surface area contributed by atoms with Crippen LogP contribution in [0.5, 0.6) is 5.75 Å². The maximum absolute atomic E-state index is 12.0. The molecule has 1 fully saturated rings. The van der Waals surface area contributed by atoms with Gasteiger partial charge >= 0.3 is 0 Å². The number of piperidine rings is 1. The molecule has 17 heavy (non-hydrogen) atoms. The van der Waals surface area contributed by atoms with Crippen LogP contribution in [-0.4, -0.2) is 28.6 Å². The summed E-state index contributed by atoms with van der Waals surface area (Å²) >= 11 is 0. The number of carbonyl (C=O) groups is 1. The van der Waals surface area contributed by atoms with E-state index in [2.05, 4.69) is 22.5 Å². The molecule has 1 aliphatic heterocycles. The van der Waals surface area contributed by atoms with Crippen molar-refractivity contribution in [2.24, 2.45) is 5.92 Å². The van der Waals surface area contributed by atoms with Gasteiger partial charge in [0.25, 0.3) is 0 Å². The molecule has 0 saturated carbocycles. The number of aromatic hydroxyl groups is 1. The van der Waals surface area contributed by atoms with Crippen LogP contribution in [-0.2, 0) is 4.79 Å². The predicted molar refractivity (Wildman–Crippen MR) is 64.7 cm³/mol. The predicted octanol–water partition coefficient (Wildman–Crippen LogP) is 1.11. The van der Waals surface area contributed by atoms with Crippen LogP contribution in [0, 0.1) is 5.92 Å². The Morgan fingerprint density at radius 3 is 3.18 bits per heavy atom. The lowest BCUT2D eigenvalue weighted by atomic mass is 9.92. The van der Waals surface area contributed by atoms with Gasteiger partial charge in [-0.3, -0.25) is 4.79 Å². The van der Waals surface area contributed by atoms with Gasteiger partial charge in [0.15, 0.2) is 11.6 Å². The highest BCUT2D eigenvalue weighted by atomic mass is 16.3. The normalized spacial score (nSPS) is 24.3. The summed E-state index contributed by atoms with van der Waals surface area (Å²) in [6.07, 6.45) is 3.67. The zero-order valence-corrected chi connectivity index (χ0v) is 9.81. The lowest BCUT2D eigenvalue weighted by Gasteiger charge is -2.28. The van der Waals surface area contributed by atoms with Gasteiger partial charge in [0.2, 0.25) is 5.91 Å². The van der Waals surface area contributed by atoms with Gasteiger partial charge in [0.1, 0.15) is 0 Å². The Bertz CT molecular complexity index is 408. The van der Waals surface area contributed by atoms with Gasteiger partial charge in [-0.2, -0.15) is 0 Å². The Morgan fingerprint density at radius 1 is 1.65 bits per heavy atom. The number of hydrogen-bond donors (Lipinski definition) is 3. The SMILES string of the molecule is CC1CCCNC1C(=O)Nc1ncccc1O. The van der Waals surface area contributed by atoms with E-state index in [1.165, 1.54) is 12.3 Å². The van der Waals surface area contributed by atoms with Crippen molar-refractivity contribution in [1.29, 1.82) is 0 Å². The van der Waals surface area contributed by atoms with Crippen LogP contribution in [0.1, 0.15) is 19.8 Å². The van der Waals surface area contributed by atoms with Gasteiger partial charge in [-0.25, -0.2) is 4.98 Å². The van der Waals surface area contributed by atoms with Crippen molar-refractivity contribution in [3.05, 3.63) is 18.3 Å². The molecule has 5 heteroatoms. The molecule has 1 saturated heterocycles. The number of carbonyl (C=O) groups excluding carboxylic acids is 1. The van der Waals surface area contributed by atoms with Crippen LogP contribution in [0.15, 0.2) is 18.3 Å². The highest BCUT2D eigenvalue weighted by Crippen LogP contribution is 2.21. The van der Waals surface area contributed by atoms with Crippen molar-refractivity contribution in [3.63, 3.8) is 0 Å². The second kappa shape index (κ2) is 5.14. The lowest BCUT2D eigenvalue weighted by molar-refractivity contribution is -0.119. The highest BCUT2D eigenvalue weighted by molar-refractivity contribution is 5.95. The molecule has 3 N–H and O–H groups in total. The van der Waals surface area contributed by atoms with E-state index >= 15 is 0 Å². The summed E-state index contributed by atoms with van der Waals surface area (Å²) in [4.78, 5) is 15.9. The van der Waals surface area contributed by atoms with E-state index in [-0.39, 0.29) is 23.5 Å². The molecule has 5 nitrogen and oxygen atoms in total. The van der Waals surface area contributed by atoms with Crippen molar-refractivity contribution < 1.29 is 9.90 Å². The summed E-state index contributed by atoms with van der Waals surface area (Å²) in [7, 11) is 0. The molecule has 0 spiro atoms. The molecule has 0 aromatic carbocycles. The summed E-state index contributed by atoms with van der Waals surface area (Å²) in [6, 6.07) is 2.91. The molecule has 1 aromatic rings. The zero-order valence-electron chi connectivity index (χ0n) is 9.81. The number of aromatic nitrogens is 1. The van der Waals surface area contributed by atoms with Crippen LogP contribution in [0.2, 0.25) is 0 Å². The first-order chi connectivity index (χ1) is 8.18. The minimum atomic E-state index is -0.204. The molecule has 1 aromatic heterocycles. The highest BCUT2D eigenvalue weighted by Gasteiger charge is 2.27. The van der Waals surface area contributed by atoms with Crippen LogP contribution in [0.4, 0.5) is 5.82 Å². The van der Waals surface area contributed by atoms with Gasteiger partial charge < -0.3 is 15.7 Å². The molecule has 0 bridgehead atoms. The quantitative estimate of drug-likeness (QED) is 0.718. The van der Waals surface area contributed by atoms with E-state index in [4.69, 9.17) is 0 Å². The number of hydrogen-bond acceptors (Lipinski definition) is 4. The molecule has 2 atom stereocenters. The largest absolute Gasteiger partial charge is 0.504 e. The number of rotatable bonds is 2. The average molecular weight is 235 g/mol.